The van der Waals surface area contributed by atoms with Gasteiger partial charge in [-0.3, -0.25) is 9.82 Å². The van der Waals surface area contributed by atoms with Crippen molar-refractivity contribution in [3.63, 3.8) is 0 Å². The van der Waals surface area contributed by atoms with E-state index in [4.69, 9.17) is 11.6 Å². The van der Waals surface area contributed by atoms with Crippen molar-refractivity contribution in [2.45, 2.75) is 31.1 Å². The number of halogens is 2. The minimum Gasteiger partial charge on any atom is -0.280 e. The van der Waals surface area contributed by atoms with E-state index in [9.17, 15) is 12.8 Å². The Morgan fingerprint density at radius 3 is 2.48 bits per heavy atom. The van der Waals surface area contributed by atoms with E-state index >= 15 is 0 Å². The Hall–Kier alpha value is -1.60. The first-order valence-corrected chi connectivity index (χ1v) is 7.99. The van der Waals surface area contributed by atoms with Gasteiger partial charge < -0.3 is 0 Å². The van der Waals surface area contributed by atoms with Crippen LogP contribution in [0.2, 0.25) is 5.02 Å². The third-order valence-electron chi connectivity index (χ3n) is 2.83. The first kappa shape index (κ1) is 15.8. The lowest BCUT2D eigenvalue weighted by Gasteiger charge is -2.14. The summed E-state index contributed by atoms with van der Waals surface area (Å²) in [6.07, 6.45) is 0. The molecule has 0 aliphatic rings. The number of anilines is 1. The van der Waals surface area contributed by atoms with Crippen molar-refractivity contribution >= 4 is 27.4 Å². The molecule has 1 heterocycles. The summed E-state index contributed by atoms with van der Waals surface area (Å²) in [4.78, 5) is -0.130. The third kappa shape index (κ3) is 3.54. The maximum Gasteiger partial charge on any atom is 0.263 e. The van der Waals surface area contributed by atoms with Crippen LogP contribution in [0.15, 0.2) is 29.2 Å². The van der Waals surface area contributed by atoms with Gasteiger partial charge >= 0.3 is 0 Å². The fourth-order valence-electron chi connectivity index (χ4n) is 1.60. The van der Waals surface area contributed by atoms with Crippen LogP contribution in [0.3, 0.4) is 0 Å². The highest BCUT2D eigenvalue weighted by Gasteiger charge is 2.20. The van der Waals surface area contributed by atoms with Crippen LogP contribution in [0.4, 0.5) is 10.2 Å². The van der Waals surface area contributed by atoms with E-state index in [0.29, 0.717) is 0 Å². The first-order chi connectivity index (χ1) is 9.59. The second-order valence-corrected chi connectivity index (χ2v) is 7.69. The molecular formula is C13H15ClFN3O2S. The molecule has 0 aliphatic heterocycles. The zero-order valence-electron chi connectivity index (χ0n) is 11.7. The van der Waals surface area contributed by atoms with Gasteiger partial charge in [-0.2, -0.15) is 5.10 Å². The van der Waals surface area contributed by atoms with Gasteiger partial charge in [0, 0.05) is 17.2 Å². The average Bonchev–Trinajstić information content (AvgIpc) is 2.80. The van der Waals surface area contributed by atoms with E-state index in [1.807, 2.05) is 20.8 Å². The molecule has 0 saturated carbocycles. The van der Waals surface area contributed by atoms with Crippen LogP contribution in [0.1, 0.15) is 26.5 Å². The number of aromatic amines is 1. The topological polar surface area (TPSA) is 74.8 Å². The van der Waals surface area contributed by atoms with Crippen molar-refractivity contribution in [1.29, 1.82) is 0 Å². The molecule has 0 unspecified atom stereocenters. The van der Waals surface area contributed by atoms with E-state index < -0.39 is 15.8 Å². The number of H-pyrrole nitrogens is 1. The molecule has 0 atom stereocenters. The van der Waals surface area contributed by atoms with Crippen LogP contribution >= 0.6 is 11.6 Å². The van der Waals surface area contributed by atoms with Gasteiger partial charge in [-0.05, 0) is 18.2 Å². The summed E-state index contributed by atoms with van der Waals surface area (Å²) >= 11 is 5.60. The summed E-state index contributed by atoms with van der Waals surface area (Å²) in [6.45, 7) is 5.91. The Labute approximate surface area is 127 Å². The van der Waals surface area contributed by atoms with Gasteiger partial charge in [0.2, 0.25) is 0 Å². The zero-order valence-corrected chi connectivity index (χ0v) is 13.3. The largest absolute Gasteiger partial charge is 0.280 e. The molecule has 5 nitrogen and oxygen atoms in total. The summed E-state index contributed by atoms with van der Waals surface area (Å²) < 4.78 is 39.8. The number of sulfonamides is 1. The lowest BCUT2D eigenvalue weighted by atomic mass is 9.92. The lowest BCUT2D eigenvalue weighted by Crippen LogP contribution is -2.13. The molecule has 0 amide bonds. The van der Waals surface area contributed by atoms with Crippen LogP contribution in [0, 0.1) is 5.82 Å². The molecule has 2 aromatic rings. The molecule has 2 rings (SSSR count). The molecule has 114 valence electrons. The zero-order chi connectivity index (χ0) is 15.8. The minimum absolute atomic E-state index is 0.130. The highest BCUT2D eigenvalue weighted by atomic mass is 35.5. The summed E-state index contributed by atoms with van der Waals surface area (Å²) in [5, 5.41) is 6.43. The van der Waals surface area contributed by atoms with Crippen LogP contribution < -0.4 is 4.72 Å². The quantitative estimate of drug-likeness (QED) is 0.906. The minimum atomic E-state index is -3.87. The van der Waals surface area contributed by atoms with E-state index in [1.54, 1.807) is 6.07 Å². The second kappa shape index (κ2) is 5.31. The molecule has 0 fully saturated rings. The summed E-state index contributed by atoms with van der Waals surface area (Å²) in [7, 11) is -3.87. The van der Waals surface area contributed by atoms with E-state index in [2.05, 4.69) is 14.9 Å². The van der Waals surface area contributed by atoms with Gasteiger partial charge in [0.05, 0.1) is 9.92 Å². The first-order valence-electron chi connectivity index (χ1n) is 6.13. The summed E-state index contributed by atoms with van der Waals surface area (Å²) in [5.41, 5.74) is 0.605. The molecule has 1 aromatic heterocycles. The predicted molar refractivity (Wildman–Crippen MR) is 79.5 cm³/mol. The molecule has 0 aliphatic carbocycles. The van der Waals surface area contributed by atoms with Gasteiger partial charge in [-0.15, -0.1) is 0 Å². The van der Waals surface area contributed by atoms with Gasteiger partial charge in [0.25, 0.3) is 10.0 Å². The SMILES string of the molecule is CC(C)(C)c1cc(NS(=O)(=O)c2ccc(F)c(Cl)c2)n[nH]1. The Morgan fingerprint density at radius 1 is 1.29 bits per heavy atom. The molecular weight excluding hydrogens is 317 g/mol. The normalized spacial score (nSPS) is 12.4. The molecule has 8 heteroatoms. The average molecular weight is 332 g/mol. The molecule has 0 radical (unpaired) electrons. The van der Waals surface area contributed by atoms with Crippen molar-refractivity contribution in [3.05, 3.63) is 40.8 Å². The monoisotopic (exact) mass is 331 g/mol. The molecule has 0 spiro atoms. The molecule has 0 bridgehead atoms. The summed E-state index contributed by atoms with van der Waals surface area (Å²) in [5.74, 6) is -0.509. The van der Waals surface area contributed by atoms with Crippen LogP contribution in [0.25, 0.3) is 0 Å². The van der Waals surface area contributed by atoms with E-state index in [0.717, 1.165) is 23.9 Å². The van der Waals surface area contributed by atoms with Crippen molar-refractivity contribution in [1.82, 2.24) is 10.2 Å². The lowest BCUT2D eigenvalue weighted by molar-refractivity contribution is 0.567. The van der Waals surface area contributed by atoms with Gasteiger partial charge in [0.1, 0.15) is 5.82 Å². The number of aromatic nitrogens is 2. The maximum atomic E-state index is 13.1. The van der Waals surface area contributed by atoms with Gasteiger partial charge in [-0.25, -0.2) is 12.8 Å². The standard InChI is InChI=1S/C13H15ClFN3O2S/c1-13(2,3)11-7-12(17-16-11)18-21(19,20)8-4-5-10(15)9(14)6-8/h4-7H,1-3H3,(H2,16,17,18). The fraction of sp³-hybridized carbons (Fsp3) is 0.308. The van der Waals surface area contributed by atoms with E-state index in [-0.39, 0.29) is 21.2 Å². The number of nitrogens with zero attached hydrogens (tertiary/aromatic N) is 1. The Bertz CT molecular complexity index is 766. The third-order valence-corrected chi connectivity index (χ3v) is 4.47. The highest BCUT2D eigenvalue weighted by molar-refractivity contribution is 7.92. The second-order valence-electron chi connectivity index (χ2n) is 5.60. The van der Waals surface area contributed by atoms with E-state index in [1.165, 1.54) is 0 Å². The number of rotatable bonds is 3. The van der Waals surface area contributed by atoms with Gasteiger partial charge in [-0.1, -0.05) is 32.4 Å². The maximum absolute atomic E-state index is 13.1. The van der Waals surface area contributed by atoms with Crippen molar-refractivity contribution in [2.75, 3.05) is 4.72 Å². The summed E-state index contributed by atoms with van der Waals surface area (Å²) in [6, 6.07) is 4.81. The van der Waals surface area contributed by atoms with Crippen LogP contribution in [-0.2, 0) is 15.4 Å². The number of benzene rings is 1. The van der Waals surface area contributed by atoms with Crippen molar-refractivity contribution in [2.24, 2.45) is 0 Å². The molecule has 2 N–H and O–H groups in total. The number of hydrogen-bond acceptors (Lipinski definition) is 3. The number of hydrogen-bond donors (Lipinski definition) is 2. The Morgan fingerprint density at radius 2 is 1.95 bits per heavy atom. The highest BCUT2D eigenvalue weighted by Crippen LogP contribution is 2.24. The van der Waals surface area contributed by atoms with Crippen LogP contribution in [0.5, 0.6) is 0 Å². The van der Waals surface area contributed by atoms with Gasteiger partial charge in [0.15, 0.2) is 5.82 Å². The van der Waals surface area contributed by atoms with Crippen molar-refractivity contribution in [3.8, 4) is 0 Å². The molecule has 21 heavy (non-hydrogen) atoms. The fourth-order valence-corrected chi connectivity index (χ4v) is 2.86. The molecule has 0 saturated heterocycles. The predicted octanol–water partition coefficient (Wildman–Crippen LogP) is 3.30. The van der Waals surface area contributed by atoms with Crippen molar-refractivity contribution < 1.29 is 12.8 Å². The Balaban J connectivity index is 2.29. The smallest absolute Gasteiger partial charge is 0.263 e. The molecule has 1 aromatic carbocycles. The van der Waals surface area contributed by atoms with Crippen LogP contribution in [-0.4, -0.2) is 18.6 Å². The number of nitrogens with one attached hydrogen (secondary N) is 2. The Kier molecular flexibility index (Phi) is 3.99.